The van der Waals surface area contributed by atoms with Crippen LogP contribution >= 0.6 is 0 Å². The Kier molecular flexibility index (Phi) is 2.91. The second kappa shape index (κ2) is 4.72. The molecular weight excluding hydrogens is 242 g/mol. The molecule has 6 nitrogen and oxygen atoms in total. The molecule has 2 aromatic rings. The Labute approximate surface area is 110 Å². The highest BCUT2D eigenvalue weighted by molar-refractivity contribution is 5.73. The number of pyridine rings is 1. The molecule has 1 aliphatic carbocycles. The normalized spacial score (nSPS) is 17.2. The van der Waals surface area contributed by atoms with Gasteiger partial charge in [-0.2, -0.15) is 5.10 Å². The molecule has 3 rings (SSSR count). The van der Waals surface area contributed by atoms with Crippen LogP contribution in [0, 0.1) is 0 Å². The molecule has 0 saturated heterocycles. The first-order chi connectivity index (χ1) is 9.22. The van der Waals surface area contributed by atoms with Gasteiger partial charge in [0.2, 0.25) is 5.91 Å². The number of nitrogens with one attached hydrogen (secondary N) is 1. The molecule has 3 N–H and O–H groups in total. The second-order valence-corrected chi connectivity index (χ2v) is 4.68. The Morgan fingerprint density at radius 2 is 2.47 bits per heavy atom. The first kappa shape index (κ1) is 11.7. The monoisotopic (exact) mass is 257 g/mol. The molecular formula is C13H15N5O. The Morgan fingerprint density at radius 3 is 3.32 bits per heavy atom. The largest absolute Gasteiger partial charge is 0.374 e. The number of rotatable bonds is 4. The van der Waals surface area contributed by atoms with E-state index in [-0.39, 0.29) is 12.6 Å². The SMILES string of the molecule is NC(=O)Cn1cc(NC2CCc3cccnc32)cn1. The average molecular weight is 257 g/mol. The van der Waals surface area contributed by atoms with Crippen molar-refractivity contribution in [2.75, 3.05) is 5.32 Å². The molecule has 0 saturated carbocycles. The maximum absolute atomic E-state index is 10.8. The van der Waals surface area contributed by atoms with Crippen molar-refractivity contribution in [3.8, 4) is 0 Å². The Balaban J connectivity index is 1.73. The molecule has 1 amide bonds. The number of hydrogen-bond donors (Lipinski definition) is 2. The van der Waals surface area contributed by atoms with Gasteiger partial charge < -0.3 is 11.1 Å². The molecule has 0 aliphatic heterocycles. The third-order valence-electron chi connectivity index (χ3n) is 3.25. The number of amides is 1. The number of aromatic nitrogens is 3. The van der Waals surface area contributed by atoms with Crippen LogP contribution < -0.4 is 11.1 Å². The van der Waals surface area contributed by atoms with Crippen LogP contribution in [-0.4, -0.2) is 20.7 Å². The fourth-order valence-corrected chi connectivity index (χ4v) is 2.44. The summed E-state index contributed by atoms with van der Waals surface area (Å²) >= 11 is 0. The third-order valence-corrected chi connectivity index (χ3v) is 3.25. The summed E-state index contributed by atoms with van der Waals surface area (Å²) in [5, 5.41) is 7.48. The number of hydrogen-bond acceptors (Lipinski definition) is 4. The molecule has 0 radical (unpaired) electrons. The molecule has 1 atom stereocenters. The fraction of sp³-hybridized carbons (Fsp3) is 0.308. The van der Waals surface area contributed by atoms with E-state index in [4.69, 9.17) is 5.73 Å². The Morgan fingerprint density at radius 1 is 1.58 bits per heavy atom. The van der Waals surface area contributed by atoms with Gasteiger partial charge in [0.1, 0.15) is 6.54 Å². The summed E-state index contributed by atoms with van der Waals surface area (Å²) in [6.45, 7) is 0.0984. The van der Waals surface area contributed by atoms with Gasteiger partial charge in [-0.3, -0.25) is 14.5 Å². The predicted molar refractivity (Wildman–Crippen MR) is 70.3 cm³/mol. The van der Waals surface area contributed by atoms with Crippen LogP contribution in [0.25, 0.3) is 0 Å². The van der Waals surface area contributed by atoms with Crippen LogP contribution in [0.3, 0.4) is 0 Å². The van der Waals surface area contributed by atoms with Crippen LogP contribution in [0.1, 0.15) is 23.7 Å². The summed E-state index contributed by atoms with van der Waals surface area (Å²) in [6.07, 6.45) is 7.36. The summed E-state index contributed by atoms with van der Waals surface area (Å²) in [7, 11) is 0. The number of anilines is 1. The minimum Gasteiger partial charge on any atom is -0.374 e. The van der Waals surface area contributed by atoms with Crippen molar-refractivity contribution in [2.24, 2.45) is 5.73 Å². The van der Waals surface area contributed by atoms with E-state index >= 15 is 0 Å². The summed E-state index contributed by atoms with van der Waals surface area (Å²) in [4.78, 5) is 15.2. The van der Waals surface area contributed by atoms with Crippen molar-refractivity contribution < 1.29 is 4.79 Å². The van der Waals surface area contributed by atoms with E-state index in [9.17, 15) is 4.79 Å². The molecule has 2 aromatic heterocycles. The van der Waals surface area contributed by atoms with E-state index in [1.54, 1.807) is 12.4 Å². The van der Waals surface area contributed by atoms with Crippen LogP contribution in [-0.2, 0) is 17.8 Å². The van der Waals surface area contributed by atoms with Crippen LogP contribution in [0.2, 0.25) is 0 Å². The zero-order valence-electron chi connectivity index (χ0n) is 10.4. The number of carbonyl (C=O) groups excluding carboxylic acids is 1. The lowest BCUT2D eigenvalue weighted by atomic mass is 10.2. The highest BCUT2D eigenvalue weighted by Crippen LogP contribution is 2.31. The van der Waals surface area contributed by atoms with Crippen molar-refractivity contribution in [3.05, 3.63) is 42.0 Å². The fourth-order valence-electron chi connectivity index (χ4n) is 2.44. The van der Waals surface area contributed by atoms with E-state index in [2.05, 4.69) is 21.5 Å². The van der Waals surface area contributed by atoms with Crippen molar-refractivity contribution in [3.63, 3.8) is 0 Å². The van der Waals surface area contributed by atoms with Crippen molar-refractivity contribution in [1.82, 2.24) is 14.8 Å². The minimum atomic E-state index is -0.400. The number of aryl methyl sites for hydroxylation is 1. The van der Waals surface area contributed by atoms with Gasteiger partial charge in [-0.05, 0) is 24.5 Å². The number of nitrogens with two attached hydrogens (primary N) is 1. The average Bonchev–Trinajstić information content (AvgIpc) is 2.97. The van der Waals surface area contributed by atoms with Gasteiger partial charge in [0.15, 0.2) is 0 Å². The molecule has 1 aliphatic rings. The molecule has 1 unspecified atom stereocenters. The van der Waals surface area contributed by atoms with E-state index in [0.717, 1.165) is 24.2 Å². The topological polar surface area (TPSA) is 85.8 Å². The number of fused-ring (bicyclic) bond motifs is 1. The van der Waals surface area contributed by atoms with Crippen LogP contribution in [0.4, 0.5) is 5.69 Å². The van der Waals surface area contributed by atoms with E-state index in [0.29, 0.717) is 0 Å². The van der Waals surface area contributed by atoms with E-state index in [1.807, 2.05) is 12.3 Å². The maximum atomic E-state index is 10.8. The van der Waals surface area contributed by atoms with Gasteiger partial charge >= 0.3 is 0 Å². The summed E-state index contributed by atoms with van der Waals surface area (Å²) in [5.74, 6) is -0.400. The van der Waals surface area contributed by atoms with Gasteiger partial charge in [-0.25, -0.2) is 0 Å². The van der Waals surface area contributed by atoms with Gasteiger partial charge in [-0.15, -0.1) is 0 Å². The summed E-state index contributed by atoms with van der Waals surface area (Å²) < 4.78 is 1.53. The zero-order valence-corrected chi connectivity index (χ0v) is 10.4. The van der Waals surface area contributed by atoms with E-state index < -0.39 is 5.91 Å². The third kappa shape index (κ3) is 2.42. The Bertz CT molecular complexity index is 607. The standard InChI is InChI=1S/C13H15N5O/c14-12(19)8-18-7-10(6-16-18)17-11-4-3-9-2-1-5-15-13(9)11/h1-2,5-7,11,17H,3-4,8H2,(H2,14,19). The lowest BCUT2D eigenvalue weighted by Gasteiger charge is -2.12. The maximum Gasteiger partial charge on any atom is 0.239 e. The molecule has 0 spiro atoms. The lowest BCUT2D eigenvalue weighted by molar-refractivity contribution is -0.118. The lowest BCUT2D eigenvalue weighted by Crippen LogP contribution is -2.18. The van der Waals surface area contributed by atoms with Crippen molar-refractivity contribution >= 4 is 11.6 Å². The summed E-state index contributed by atoms with van der Waals surface area (Å²) in [5.41, 5.74) is 8.41. The van der Waals surface area contributed by atoms with Gasteiger partial charge in [0, 0.05) is 12.4 Å². The van der Waals surface area contributed by atoms with Crippen molar-refractivity contribution in [2.45, 2.75) is 25.4 Å². The summed E-state index contributed by atoms with van der Waals surface area (Å²) in [6, 6.07) is 4.29. The van der Waals surface area contributed by atoms with Gasteiger partial charge in [-0.1, -0.05) is 6.07 Å². The minimum absolute atomic E-state index is 0.0984. The molecule has 2 heterocycles. The van der Waals surface area contributed by atoms with Crippen molar-refractivity contribution in [1.29, 1.82) is 0 Å². The molecule has 6 heteroatoms. The quantitative estimate of drug-likeness (QED) is 0.850. The number of primary amides is 1. The number of carbonyl (C=O) groups is 1. The highest BCUT2D eigenvalue weighted by atomic mass is 16.1. The van der Waals surface area contributed by atoms with Crippen LogP contribution in [0.5, 0.6) is 0 Å². The Hall–Kier alpha value is -2.37. The smallest absolute Gasteiger partial charge is 0.239 e. The molecule has 0 aromatic carbocycles. The van der Waals surface area contributed by atoms with Gasteiger partial charge in [0.05, 0.1) is 23.6 Å². The molecule has 98 valence electrons. The first-order valence-corrected chi connectivity index (χ1v) is 6.23. The second-order valence-electron chi connectivity index (χ2n) is 4.68. The highest BCUT2D eigenvalue weighted by Gasteiger charge is 2.23. The molecule has 0 bridgehead atoms. The predicted octanol–water partition coefficient (Wildman–Crippen LogP) is 0.863. The zero-order chi connectivity index (χ0) is 13.2. The first-order valence-electron chi connectivity index (χ1n) is 6.23. The van der Waals surface area contributed by atoms with Crippen LogP contribution in [0.15, 0.2) is 30.7 Å². The molecule has 19 heavy (non-hydrogen) atoms. The molecule has 0 fully saturated rings. The number of nitrogens with zero attached hydrogens (tertiary/aromatic N) is 3. The van der Waals surface area contributed by atoms with Gasteiger partial charge in [0.25, 0.3) is 0 Å². The van der Waals surface area contributed by atoms with E-state index in [1.165, 1.54) is 10.2 Å².